The lowest BCUT2D eigenvalue weighted by Crippen LogP contribution is -1.80. The van der Waals surface area contributed by atoms with Crippen LogP contribution in [0.15, 0.2) is 42.5 Å². The van der Waals surface area contributed by atoms with Crippen molar-refractivity contribution >= 4 is 13.1 Å². The molecule has 0 saturated heterocycles. The molecule has 106 valence electrons. The Kier molecular flexibility index (Phi) is 7.63. The normalized spacial score (nSPS) is 8.40. The summed E-state index contributed by atoms with van der Waals surface area (Å²) in [5.74, 6) is -0.222. The summed E-state index contributed by atoms with van der Waals surface area (Å²) in [5.41, 5.74) is -0.0671. The molecule has 0 fully saturated rings. The van der Waals surface area contributed by atoms with Gasteiger partial charge in [-0.05, 0) is 24.3 Å². The van der Waals surface area contributed by atoms with Crippen LogP contribution in [-0.2, 0) is 4.79 Å². The van der Waals surface area contributed by atoms with E-state index in [4.69, 9.17) is 25.2 Å². The highest BCUT2D eigenvalue weighted by Gasteiger charge is 2.02. The summed E-state index contributed by atoms with van der Waals surface area (Å²) in [6.45, 7) is 2.00. The molecule has 0 unspecified atom stereocenters. The lowest BCUT2D eigenvalue weighted by atomic mass is 10.2. The number of phenols is 4. The molecule has 6 heteroatoms. The van der Waals surface area contributed by atoms with E-state index in [1.807, 2.05) is 6.79 Å². The van der Waals surface area contributed by atoms with E-state index in [2.05, 4.69) is 0 Å². The number of rotatable bonds is 1. The topological polar surface area (TPSA) is 115 Å². The van der Waals surface area contributed by atoms with Crippen LogP contribution >= 0.6 is 0 Å². The molecule has 2 aromatic rings. The Bertz CT molecular complexity index is 516. The number of hydrogen-bond acceptors (Lipinski definition) is 6. The fourth-order valence-electron chi connectivity index (χ4n) is 1.15. The third-order valence-corrected chi connectivity index (χ3v) is 2.01. The molecule has 0 aliphatic carbocycles. The number of benzene rings is 2. The molecule has 0 aliphatic heterocycles. The van der Waals surface area contributed by atoms with Crippen molar-refractivity contribution in [2.75, 3.05) is 0 Å². The lowest BCUT2D eigenvalue weighted by Gasteiger charge is -1.97. The van der Waals surface area contributed by atoms with Gasteiger partial charge in [0.15, 0.2) is 6.29 Å². The first-order chi connectivity index (χ1) is 9.54. The minimum Gasteiger partial charge on any atom is -0.508 e. The summed E-state index contributed by atoms with van der Waals surface area (Å²) in [6.07, 6.45) is 0.407. The van der Waals surface area contributed by atoms with E-state index in [0.29, 0.717) is 6.29 Å². The van der Waals surface area contributed by atoms with Crippen molar-refractivity contribution in [2.45, 2.75) is 0 Å². The van der Waals surface area contributed by atoms with Crippen LogP contribution < -0.4 is 0 Å². The van der Waals surface area contributed by atoms with Crippen LogP contribution in [0.1, 0.15) is 10.4 Å². The van der Waals surface area contributed by atoms with E-state index in [1.165, 1.54) is 36.4 Å². The quantitative estimate of drug-likeness (QED) is 0.591. The summed E-state index contributed by atoms with van der Waals surface area (Å²) in [6, 6.07) is 9.98. The maximum absolute atomic E-state index is 10.1. The van der Waals surface area contributed by atoms with Gasteiger partial charge in [0.2, 0.25) is 0 Å². The van der Waals surface area contributed by atoms with Crippen molar-refractivity contribution in [3.8, 4) is 23.0 Å². The first-order valence-corrected chi connectivity index (χ1v) is 5.27. The van der Waals surface area contributed by atoms with E-state index in [1.54, 1.807) is 6.07 Å². The van der Waals surface area contributed by atoms with Gasteiger partial charge in [-0.2, -0.15) is 0 Å². The van der Waals surface area contributed by atoms with Gasteiger partial charge >= 0.3 is 0 Å². The summed E-state index contributed by atoms with van der Waals surface area (Å²) in [4.78, 5) is 18.1. The molecule has 0 amide bonds. The van der Waals surface area contributed by atoms with Gasteiger partial charge in [-0.3, -0.25) is 4.79 Å². The van der Waals surface area contributed by atoms with E-state index in [0.717, 1.165) is 0 Å². The summed E-state index contributed by atoms with van der Waals surface area (Å²) >= 11 is 0. The van der Waals surface area contributed by atoms with Crippen molar-refractivity contribution in [2.24, 2.45) is 0 Å². The Balaban J connectivity index is 0.000000327. The van der Waals surface area contributed by atoms with Crippen molar-refractivity contribution in [3.63, 3.8) is 0 Å². The summed E-state index contributed by atoms with van der Waals surface area (Å²) in [7, 11) is 0. The molecule has 0 radical (unpaired) electrons. The van der Waals surface area contributed by atoms with Crippen LogP contribution in [0.25, 0.3) is 0 Å². The summed E-state index contributed by atoms with van der Waals surface area (Å²) in [5, 5.41) is 35.1. The number of phenolic OH excluding ortho intramolecular Hbond substituents is 4. The average Bonchev–Trinajstić information content (AvgIpc) is 2.42. The summed E-state index contributed by atoms with van der Waals surface area (Å²) < 4.78 is 0. The zero-order chi connectivity index (χ0) is 15.5. The van der Waals surface area contributed by atoms with Gasteiger partial charge in [-0.1, -0.05) is 12.1 Å². The maximum Gasteiger partial charge on any atom is 0.157 e. The number of carbonyl (C=O) groups excluding carboxylic acids is 2. The molecular weight excluding hydrogens is 264 g/mol. The van der Waals surface area contributed by atoms with Gasteiger partial charge in [0.1, 0.15) is 29.8 Å². The van der Waals surface area contributed by atoms with E-state index in [-0.39, 0.29) is 28.6 Å². The van der Waals surface area contributed by atoms with Crippen LogP contribution in [0, 0.1) is 0 Å². The smallest absolute Gasteiger partial charge is 0.157 e. The predicted octanol–water partition coefficient (Wildman–Crippen LogP) is 1.82. The fourth-order valence-corrected chi connectivity index (χ4v) is 1.15. The van der Waals surface area contributed by atoms with Crippen LogP contribution in [-0.4, -0.2) is 33.5 Å². The number of aromatic hydroxyl groups is 4. The second-order valence-electron chi connectivity index (χ2n) is 3.35. The zero-order valence-electron chi connectivity index (χ0n) is 10.4. The molecule has 2 rings (SSSR count). The van der Waals surface area contributed by atoms with Crippen molar-refractivity contribution < 1.29 is 30.0 Å². The van der Waals surface area contributed by atoms with Crippen LogP contribution in [0.3, 0.4) is 0 Å². The lowest BCUT2D eigenvalue weighted by molar-refractivity contribution is -0.0980. The first kappa shape index (κ1) is 17.0. The Hall–Kier alpha value is -3.02. The number of aldehydes is 1. The molecule has 0 aliphatic rings. The average molecular weight is 278 g/mol. The Morgan fingerprint density at radius 2 is 1.20 bits per heavy atom. The molecule has 0 heterocycles. The standard InChI is InChI=1S/C7H6O3.C6H6O2.CH2O/c8-4-5-6(9)2-1-3-7(5)10;7-5-2-1-3-6(8)4-5;1-2/h1-4,9-10H;1-4,7-8H;1H2. The minimum absolute atomic E-state index is 0.0671. The second-order valence-corrected chi connectivity index (χ2v) is 3.35. The highest BCUT2D eigenvalue weighted by molar-refractivity contribution is 5.83. The molecule has 4 N–H and O–H groups in total. The largest absolute Gasteiger partial charge is 0.508 e. The van der Waals surface area contributed by atoms with Crippen LogP contribution in [0.5, 0.6) is 23.0 Å². The van der Waals surface area contributed by atoms with E-state index < -0.39 is 0 Å². The fraction of sp³-hybridized carbons (Fsp3) is 0. The molecule has 0 saturated carbocycles. The zero-order valence-corrected chi connectivity index (χ0v) is 10.4. The SMILES string of the molecule is C=O.O=Cc1c(O)cccc1O.Oc1cccc(O)c1. The highest BCUT2D eigenvalue weighted by Crippen LogP contribution is 2.23. The van der Waals surface area contributed by atoms with Gasteiger partial charge in [0, 0.05) is 6.07 Å². The van der Waals surface area contributed by atoms with Gasteiger partial charge in [-0.15, -0.1) is 0 Å². The Morgan fingerprint density at radius 1 is 0.800 bits per heavy atom. The molecule has 2 aromatic carbocycles. The Labute approximate surface area is 115 Å². The van der Waals surface area contributed by atoms with Crippen LogP contribution in [0.2, 0.25) is 0 Å². The molecule has 0 atom stereocenters. The number of carbonyl (C=O) groups is 2. The van der Waals surface area contributed by atoms with Gasteiger partial charge in [-0.25, -0.2) is 0 Å². The van der Waals surface area contributed by atoms with Gasteiger partial charge in [0.25, 0.3) is 0 Å². The molecule has 0 bridgehead atoms. The predicted molar refractivity (Wildman–Crippen MR) is 72.1 cm³/mol. The Morgan fingerprint density at radius 3 is 1.45 bits per heavy atom. The minimum atomic E-state index is -0.199. The van der Waals surface area contributed by atoms with Crippen LogP contribution in [0.4, 0.5) is 0 Å². The van der Waals surface area contributed by atoms with E-state index in [9.17, 15) is 4.79 Å². The monoisotopic (exact) mass is 278 g/mol. The first-order valence-electron chi connectivity index (χ1n) is 5.27. The van der Waals surface area contributed by atoms with Crippen molar-refractivity contribution in [1.29, 1.82) is 0 Å². The third kappa shape index (κ3) is 5.54. The molecule has 0 spiro atoms. The van der Waals surface area contributed by atoms with E-state index >= 15 is 0 Å². The van der Waals surface area contributed by atoms with Gasteiger partial charge in [0.05, 0.1) is 5.56 Å². The van der Waals surface area contributed by atoms with Crippen molar-refractivity contribution in [3.05, 3.63) is 48.0 Å². The third-order valence-electron chi connectivity index (χ3n) is 2.01. The van der Waals surface area contributed by atoms with Crippen molar-refractivity contribution in [1.82, 2.24) is 0 Å². The molecule has 0 aromatic heterocycles. The molecule has 6 nitrogen and oxygen atoms in total. The second kappa shape index (κ2) is 8.98. The maximum atomic E-state index is 10.1. The molecular formula is C14H14O6. The van der Waals surface area contributed by atoms with Gasteiger partial charge < -0.3 is 25.2 Å². The molecule has 20 heavy (non-hydrogen) atoms. The highest BCUT2D eigenvalue weighted by atomic mass is 16.3. The number of hydrogen-bond donors (Lipinski definition) is 4.